The molecule has 2 atom stereocenters. The number of hydrogen-bond donors (Lipinski definition) is 1. The Labute approximate surface area is 86.8 Å². The lowest BCUT2D eigenvalue weighted by Gasteiger charge is -2.16. The first-order chi connectivity index (χ1) is 6.74. The standard InChI is InChI=1S/C12H20N2/c1-4-10(2)9-14-11(3)12-5-7-13-8-6-12/h5-8,10-11,14H,4,9H2,1-3H3/t10?,11-/m1/s1. The molecular weight excluding hydrogens is 172 g/mol. The van der Waals surface area contributed by atoms with Crippen LogP contribution in [-0.4, -0.2) is 11.5 Å². The van der Waals surface area contributed by atoms with Crippen molar-refractivity contribution in [2.24, 2.45) is 5.92 Å². The molecule has 1 unspecified atom stereocenters. The maximum absolute atomic E-state index is 4.01. The average molecular weight is 192 g/mol. The molecule has 0 aromatic carbocycles. The molecule has 0 bridgehead atoms. The minimum absolute atomic E-state index is 0.423. The molecule has 0 spiro atoms. The fourth-order valence-corrected chi connectivity index (χ4v) is 1.29. The molecule has 0 saturated carbocycles. The summed E-state index contributed by atoms with van der Waals surface area (Å²) in [7, 11) is 0. The topological polar surface area (TPSA) is 24.9 Å². The van der Waals surface area contributed by atoms with Crippen LogP contribution >= 0.6 is 0 Å². The molecule has 1 aromatic rings. The van der Waals surface area contributed by atoms with E-state index in [-0.39, 0.29) is 0 Å². The summed E-state index contributed by atoms with van der Waals surface area (Å²) < 4.78 is 0. The summed E-state index contributed by atoms with van der Waals surface area (Å²) in [5.41, 5.74) is 1.31. The molecule has 1 N–H and O–H groups in total. The second kappa shape index (κ2) is 5.76. The highest BCUT2D eigenvalue weighted by Gasteiger charge is 2.05. The van der Waals surface area contributed by atoms with Gasteiger partial charge in [0.2, 0.25) is 0 Å². The largest absolute Gasteiger partial charge is 0.310 e. The van der Waals surface area contributed by atoms with E-state index in [0.29, 0.717) is 6.04 Å². The average Bonchev–Trinajstić information content (AvgIpc) is 2.26. The van der Waals surface area contributed by atoms with Crippen LogP contribution in [0.1, 0.15) is 38.8 Å². The van der Waals surface area contributed by atoms with Crippen LogP contribution in [0, 0.1) is 5.92 Å². The summed E-state index contributed by atoms with van der Waals surface area (Å²) in [6.07, 6.45) is 4.92. The lowest BCUT2D eigenvalue weighted by Crippen LogP contribution is -2.24. The van der Waals surface area contributed by atoms with Crippen LogP contribution in [0.5, 0.6) is 0 Å². The number of nitrogens with one attached hydrogen (secondary N) is 1. The minimum atomic E-state index is 0.423. The molecule has 2 nitrogen and oxygen atoms in total. The summed E-state index contributed by atoms with van der Waals surface area (Å²) in [5.74, 6) is 0.749. The highest BCUT2D eigenvalue weighted by molar-refractivity contribution is 5.13. The van der Waals surface area contributed by atoms with Gasteiger partial charge in [-0.3, -0.25) is 4.98 Å². The van der Waals surface area contributed by atoms with Crippen molar-refractivity contribution in [3.05, 3.63) is 30.1 Å². The van der Waals surface area contributed by atoms with Gasteiger partial charge in [0.25, 0.3) is 0 Å². The van der Waals surface area contributed by atoms with Gasteiger partial charge in [0.1, 0.15) is 0 Å². The van der Waals surface area contributed by atoms with E-state index in [9.17, 15) is 0 Å². The number of aromatic nitrogens is 1. The Morgan fingerprint density at radius 2 is 1.93 bits per heavy atom. The normalized spacial score (nSPS) is 15.1. The smallest absolute Gasteiger partial charge is 0.0293 e. The van der Waals surface area contributed by atoms with Gasteiger partial charge in [0.05, 0.1) is 0 Å². The summed E-state index contributed by atoms with van der Waals surface area (Å²) in [4.78, 5) is 4.01. The first-order valence-electron chi connectivity index (χ1n) is 5.37. The van der Waals surface area contributed by atoms with Crippen molar-refractivity contribution in [3.8, 4) is 0 Å². The molecule has 1 heterocycles. The molecule has 0 fully saturated rings. The van der Waals surface area contributed by atoms with E-state index in [1.54, 1.807) is 0 Å². The SMILES string of the molecule is CCC(C)CN[C@H](C)c1ccncc1. The Kier molecular flexibility index (Phi) is 4.60. The van der Waals surface area contributed by atoms with Crippen LogP contribution in [0.25, 0.3) is 0 Å². The second-order valence-corrected chi connectivity index (χ2v) is 3.92. The van der Waals surface area contributed by atoms with E-state index in [2.05, 4.69) is 43.2 Å². The third kappa shape index (κ3) is 3.46. The van der Waals surface area contributed by atoms with Gasteiger partial charge in [-0.05, 0) is 37.1 Å². The summed E-state index contributed by atoms with van der Waals surface area (Å²) >= 11 is 0. The predicted octanol–water partition coefficient (Wildman–Crippen LogP) is 2.78. The lowest BCUT2D eigenvalue weighted by molar-refractivity contribution is 0.461. The van der Waals surface area contributed by atoms with Crippen molar-refractivity contribution in [1.29, 1.82) is 0 Å². The van der Waals surface area contributed by atoms with Crippen molar-refractivity contribution in [2.45, 2.75) is 33.2 Å². The van der Waals surface area contributed by atoms with Gasteiger partial charge in [0.15, 0.2) is 0 Å². The van der Waals surface area contributed by atoms with Crippen LogP contribution in [0.2, 0.25) is 0 Å². The van der Waals surface area contributed by atoms with E-state index >= 15 is 0 Å². The number of pyridine rings is 1. The predicted molar refractivity (Wildman–Crippen MR) is 60.1 cm³/mol. The van der Waals surface area contributed by atoms with Crippen molar-refractivity contribution >= 4 is 0 Å². The zero-order chi connectivity index (χ0) is 10.4. The number of rotatable bonds is 5. The molecule has 0 aliphatic heterocycles. The third-order valence-corrected chi connectivity index (χ3v) is 2.68. The summed E-state index contributed by atoms with van der Waals surface area (Å²) in [5, 5.41) is 3.52. The first kappa shape index (κ1) is 11.2. The fourth-order valence-electron chi connectivity index (χ4n) is 1.29. The van der Waals surface area contributed by atoms with E-state index < -0.39 is 0 Å². The van der Waals surface area contributed by atoms with Crippen LogP contribution < -0.4 is 5.32 Å². The molecule has 1 rings (SSSR count). The summed E-state index contributed by atoms with van der Waals surface area (Å²) in [6.45, 7) is 7.77. The Morgan fingerprint density at radius 1 is 1.29 bits per heavy atom. The van der Waals surface area contributed by atoms with Gasteiger partial charge >= 0.3 is 0 Å². The van der Waals surface area contributed by atoms with E-state index in [0.717, 1.165) is 12.5 Å². The molecule has 78 valence electrons. The monoisotopic (exact) mass is 192 g/mol. The highest BCUT2D eigenvalue weighted by Crippen LogP contribution is 2.11. The molecule has 0 amide bonds. The van der Waals surface area contributed by atoms with Gasteiger partial charge in [-0.15, -0.1) is 0 Å². The highest BCUT2D eigenvalue weighted by atomic mass is 14.9. The van der Waals surface area contributed by atoms with E-state index in [4.69, 9.17) is 0 Å². The van der Waals surface area contributed by atoms with E-state index in [1.807, 2.05) is 12.4 Å². The molecule has 14 heavy (non-hydrogen) atoms. The Morgan fingerprint density at radius 3 is 2.50 bits per heavy atom. The quantitative estimate of drug-likeness (QED) is 0.776. The number of hydrogen-bond acceptors (Lipinski definition) is 2. The van der Waals surface area contributed by atoms with E-state index in [1.165, 1.54) is 12.0 Å². The first-order valence-corrected chi connectivity index (χ1v) is 5.37. The fraction of sp³-hybridized carbons (Fsp3) is 0.583. The van der Waals surface area contributed by atoms with Crippen LogP contribution in [0.15, 0.2) is 24.5 Å². The Bertz CT molecular complexity index is 246. The second-order valence-electron chi connectivity index (χ2n) is 3.92. The van der Waals surface area contributed by atoms with Crippen LogP contribution in [0.4, 0.5) is 0 Å². The van der Waals surface area contributed by atoms with Gasteiger partial charge < -0.3 is 5.32 Å². The molecule has 0 saturated heterocycles. The van der Waals surface area contributed by atoms with Gasteiger partial charge in [-0.1, -0.05) is 20.3 Å². The Hall–Kier alpha value is -0.890. The third-order valence-electron chi connectivity index (χ3n) is 2.68. The molecular formula is C12H20N2. The maximum atomic E-state index is 4.01. The van der Waals surface area contributed by atoms with Crippen molar-refractivity contribution in [1.82, 2.24) is 10.3 Å². The summed E-state index contributed by atoms with van der Waals surface area (Å²) in [6, 6.07) is 4.55. The maximum Gasteiger partial charge on any atom is 0.0293 e. The van der Waals surface area contributed by atoms with Crippen LogP contribution in [-0.2, 0) is 0 Å². The molecule has 2 heteroatoms. The van der Waals surface area contributed by atoms with Gasteiger partial charge in [-0.2, -0.15) is 0 Å². The lowest BCUT2D eigenvalue weighted by atomic mass is 10.1. The molecule has 0 aliphatic carbocycles. The van der Waals surface area contributed by atoms with Crippen molar-refractivity contribution in [3.63, 3.8) is 0 Å². The van der Waals surface area contributed by atoms with Crippen LogP contribution in [0.3, 0.4) is 0 Å². The zero-order valence-electron chi connectivity index (χ0n) is 9.33. The van der Waals surface area contributed by atoms with Crippen molar-refractivity contribution in [2.75, 3.05) is 6.54 Å². The zero-order valence-corrected chi connectivity index (χ0v) is 9.33. The Balaban J connectivity index is 2.39. The number of nitrogens with zero attached hydrogens (tertiary/aromatic N) is 1. The van der Waals surface area contributed by atoms with Crippen molar-refractivity contribution < 1.29 is 0 Å². The molecule has 0 radical (unpaired) electrons. The molecule has 1 aromatic heterocycles. The molecule has 0 aliphatic rings. The minimum Gasteiger partial charge on any atom is -0.310 e. The van der Waals surface area contributed by atoms with Gasteiger partial charge in [0, 0.05) is 18.4 Å². The van der Waals surface area contributed by atoms with Gasteiger partial charge in [-0.25, -0.2) is 0 Å².